The van der Waals surface area contributed by atoms with Crippen LogP contribution in [0.4, 0.5) is 0 Å². The summed E-state index contributed by atoms with van der Waals surface area (Å²) in [7, 11) is 1.55. The summed E-state index contributed by atoms with van der Waals surface area (Å²) < 4.78 is 7.13. The van der Waals surface area contributed by atoms with Gasteiger partial charge in [0.15, 0.2) is 5.69 Å². The van der Waals surface area contributed by atoms with Gasteiger partial charge in [-0.1, -0.05) is 38.0 Å². The van der Waals surface area contributed by atoms with Crippen molar-refractivity contribution in [3.05, 3.63) is 40.3 Å². The Morgan fingerprint density at radius 1 is 1.28 bits per heavy atom. The number of carbonyl (C=O) groups is 1. The summed E-state index contributed by atoms with van der Waals surface area (Å²) in [6, 6.07) is 7.04. The molecule has 3 rings (SSSR count). The standard InChI is InChI=1S/C19H25N3O3/c1-13-7-3-6-10-16(13)25-12-11-20-18(23)17-14-8-4-5-9-15(14)19(24)22(2)21-17/h4-5,8-9,13,16H,3,6-7,10-12H2,1-2H3,(H,20,23)/t13-,16+/m1/s1. The largest absolute Gasteiger partial charge is 0.376 e. The lowest BCUT2D eigenvalue weighted by Crippen LogP contribution is -2.33. The molecule has 2 atom stereocenters. The van der Waals surface area contributed by atoms with Gasteiger partial charge in [0.2, 0.25) is 0 Å². The Hall–Kier alpha value is -2.21. The van der Waals surface area contributed by atoms with Crippen LogP contribution in [0, 0.1) is 5.92 Å². The summed E-state index contributed by atoms with van der Waals surface area (Å²) >= 11 is 0. The lowest BCUT2D eigenvalue weighted by Gasteiger charge is -2.28. The molecule has 25 heavy (non-hydrogen) atoms. The van der Waals surface area contributed by atoms with E-state index in [0.717, 1.165) is 6.42 Å². The first-order chi connectivity index (χ1) is 12.1. The van der Waals surface area contributed by atoms with E-state index in [1.807, 2.05) is 0 Å². The molecular weight excluding hydrogens is 318 g/mol. The van der Waals surface area contributed by atoms with Gasteiger partial charge in [-0.05, 0) is 24.8 Å². The van der Waals surface area contributed by atoms with Crippen LogP contribution < -0.4 is 10.9 Å². The van der Waals surface area contributed by atoms with E-state index in [0.29, 0.717) is 35.9 Å². The third-order valence-electron chi connectivity index (χ3n) is 4.92. The first-order valence-corrected chi connectivity index (χ1v) is 8.94. The minimum Gasteiger partial charge on any atom is -0.376 e. The molecular formula is C19H25N3O3. The van der Waals surface area contributed by atoms with E-state index in [9.17, 15) is 9.59 Å². The number of hydrogen-bond donors (Lipinski definition) is 1. The summed E-state index contributed by atoms with van der Waals surface area (Å²) in [5.41, 5.74) is 0.0607. The Kier molecular flexibility index (Phi) is 5.48. The average Bonchev–Trinajstić information content (AvgIpc) is 2.63. The minimum absolute atomic E-state index is 0.207. The van der Waals surface area contributed by atoms with Crippen molar-refractivity contribution in [2.24, 2.45) is 13.0 Å². The first kappa shape index (κ1) is 17.6. The van der Waals surface area contributed by atoms with Crippen molar-refractivity contribution in [1.82, 2.24) is 15.1 Å². The molecule has 1 N–H and O–H groups in total. The zero-order valence-corrected chi connectivity index (χ0v) is 14.8. The molecule has 0 spiro atoms. The maximum atomic E-state index is 12.5. The van der Waals surface area contributed by atoms with Crippen LogP contribution in [0.1, 0.15) is 43.1 Å². The number of aromatic nitrogens is 2. The molecule has 1 amide bonds. The first-order valence-electron chi connectivity index (χ1n) is 8.94. The smallest absolute Gasteiger partial charge is 0.274 e. The Morgan fingerprint density at radius 3 is 2.76 bits per heavy atom. The normalized spacial score (nSPS) is 20.6. The molecule has 6 nitrogen and oxygen atoms in total. The molecule has 0 bridgehead atoms. The van der Waals surface area contributed by atoms with E-state index in [2.05, 4.69) is 17.3 Å². The van der Waals surface area contributed by atoms with Gasteiger partial charge in [0.1, 0.15) is 0 Å². The molecule has 1 aliphatic carbocycles. The molecule has 0 saturated heterocycles. The summed E-state index contributed by atoms with van der Waals surface area (Å²) in [5.74, 6) is 0.297. The zero-order chi connectivity index (χ0) is 17.8. The van der Waals surface area contributed by atoms with Crippen molar-refractivity contribution in [3.63, 3.8) is 0 Å². The maximum absolute atomic E-state index is 12.5. The van der Waals surface area contributed by atoms with E-state index in [-0.39, 0.29) is 17.2 Å². The molecule has 0 aliphatic heterocycles. The van der Waals surface area contributed by atoms with E-state index in [1.54, 1.807) is 31.3 Å². The van der Waals surface area contributed by atoms with Crippen molar-refractivity contribution in [2.45, 2.75) is 38.7 Å². The molecule has 1 heterocycles. The van der Waals surface area contributed by atoms with Crippen molar-refractivity contribution < 1.29 is 9.53 Å². The fourth-order valence-electron chi connectivity index (χ4n) is 3.46. The number of nitrogens with zero attached hydrogens (tertiary/aromatic N) is 2. The number of ether oxygens (including phenoxy) is 1. The lowest BCUT2D eigenvalue weighted by atomic mass is 9.88. The van der Waals surface area contributed by atoms with Gasteiger partial charge in [0.25, 0.3) is 11.5 Å². The van der Waals surface area contributed by atoms with Crippen molar-refractivity contribution in [3.8, 4) is 0 Å². The van der Waals surface area contributed by atoms with Crippen LogP contribution in [0.3, 0.4) is 0 Å². The number of amides is 1. The maximum Gasteiger partial charge on any atom is 0.274 e. The van der Waals surface area contributed by atoms with Crippen LogP contribution in [-0.4, -0.2) is 34.9 Å². The molecule has 1 aromatic carbocycles. The van der Waals surface area contributed by atoms with Gasteiger partial charge in [-0.25, -0.2) is 4.68 Å². The molecule has 1 fully saturated rings. The Morgan fingerprint density at radius 2 is 2.00 bits per heavy atom. The van der Waals surface area contributed by atoms with E-state index >= 15 is 0 Å². The Bertz CT molecular complexity index is 815. The highest BCUT2D eigenvalue weighted by atomic mass is 16.5. The highest BCUT2D eigenvalue weighted by Crippen LogP contribution is 2.26. The number of hydrogen-bond acceptors (Lipinski definition) is 4. The third kappa shape index (κ3) is 3.90. The van der Waals surface area contributed by atoms with Gasteiger partial charge in [0, 0.05) is 19.0 Å². The SMILES string of the molecule is C[C@@H]1CCCC[C@@H]1OCCNC(=O)c1nn(C)c(=O)c2ccccc12. The van der Waals surface area contributed by atoms with Gasteiger partial charge < -0.3 is 10.1 Å². The Labute approximate surface area is 147 Å². The Balaban J connectivity index is 1.63. The van der Waals surface area contributed by atoms with Gasteiger partial charge >= 0.3 is 0 Å². The molecule has 1 aromatic heterocycles. The summed E-state index contributed by atoms with van der Waals surface area (Å²) in [6.07, 6.45) is 5.10. The molecule has 1 saturated carbocycles. The van der Waals surface area contributed by atoms with Gasteiger partial charge in [-0.15, -0.1) is 0 Å². The highest BCUT2D eigenvalue weighted by molar-refractivity contribution is 6.04. The molecule has 134 valence electrons. The van der Waals surface area contributed by atoms with Crippen LogP contribution in [0.25, 0.3) is 10.8 Å². The monoisotopic (exact) mass is 343 g/mol. The van der Waals surface area contributed by atoms with Crippen LogP contribution >= 0.6 is 0 Å². The third-order valence-corrected chi connectivity index (χ3v) is 4.92. The van der Waals surface area contributed by atoms with Crippen molar-refractivity contribution in [2.75, 3.05) is 13.2 Å². The second-order valence-corrected chi connectivity index (χ2v) is 6.75. The van der Waals surface area contributed by atoms with Crippen LogP contribution in [0.2, 0.25) is 0 Å². The average molecular weight is 343 g/mol. The molecule has 6 heteroatoms. The van der Waals surface area contributed by atoms with Crippen molar-refractivity contribution >= 4 is 16.7 Å². The fourth-order valence-corrected chi connectivity index (χ4v) is 3.46. The van der Waals surface area contributed by atoms with Crippen LogP contribution in [0.15, 0.2) is 29.1 Å². The number of fused-ring (bicyclic) bond motifs is 1. The van der Waals surface area contributed by atoms with Gasteiger partial charge in [-0.3, -0.25) is 9.59 Å². The topological polar surface area (TPSA) is 73.2 Å². The number of nitrogens with one attached hydrogen (secondary N) is 1. The molecule has 2 aromatic rings. The van der Waals surface area contributed by atoms with Gasteiger partial charge in [-0.2, -0.15) is 5.10 Å². The lowest BCUT2D eigenvalue weighted by molar-refractivity contribution is -0.00295. The summed E-state index contributed by atoms with van der Waals surface area (Å²) in [6.45, 7) is 3.15. The predicted molar refractivity (Wildman–Crippen MR) is 96.7 cm³/mol. The molecule has 1 aliphatic rings. The van der Waals surface area contributed by atoms with Gasteiger partial charge in [0.05, 0.1) is 18.1 Å². The number of rotatable bonds is 5. The fraction of sp³-hybridized carbons (Fsp3) is 0.526. The second-order valence-electron chi connectivity index (χ2n) is 6.75. The number of benzene rings is 1. The number of aryl methyl sites for hydroxylation is 1. The zero-order valence-electron chi connectivity index (χ0n) is 14.8. The van der Waals surface area contributed by atoms with E-state index in [1.165, 1.54) is 23.9 Å². The van der Waals surface area contributed by atoms with Crippen LogP contribution in [0.5, 0.6) is 0 Å². The minimum atomic E-state index is -0.285. The quantitative estimate of drug-likeness (QED) is 0.845. The molecule has 0 radical (unpaired) electrons. The number of carbonyl (C=O) groups excluding carboxylic acids is 1. The second kappa shape index (κ2) is 7.78. The summed E-state index contributed by atoms with van der Waals surface area (Å²) in [5, 5.41) is 8.05. The van der Waals surface area contributed by atoms with Crippen LogP contribution in [-0.2, 0) is 11.8 Å². The highest BCUT2D eigenvalue weighted by Gasteiger charge is 2.21. The predicted octanol–water partition coefficient (Wildman–Crippen LogP) is 2.26. The van der Waals surface area contributed by atoms with E-state index < -0.39 is 0 Å². The van der Waals surface area contributed by atoms with E-state index in [4.69, 9.17) is 4.74 Å². The van der Waals surface area contributed by atoms with Crippen molar-refractivity contribution in [1.29, 1.82) is 0 Å². The molecule has 0 unspecified atom stereocenters. The summed E-state index contributed by atoms with van der Waals surface area (Å²) in [4.78, 5) is 24.6.